The van der Waals surface area contributed by atoms with E-state index >= 15 is 0 Å². The molecule has 0 bridgehead atoms. The van der Waals surface area contributed by atoms with Gasteiger partial charge >= 0.3 is 0 Å². The number of phenolic OH excluding ortho intramolecular Hbond substituents is 2. The van der Waals surface area contributed by atoms with E-state index in [1.54, 1.807) is 26.4 Å². The normalized spacial score (nSPS) is 12.4. The summed E-state index contributed by atoms with van der Waals surface area (Å²) < 4.78 is 10.6. The van der Waals surface area contributed by atoms with Gasteiger partial charge in [0.15, 0.2) is 23.0 Å². The van der Waals surface area contributed by atoms with E-state index in [2.05, 4.69) is 20.8 Å². The number of aromatic hydroxyl groups is 2. The highest BCUT2D eigenvalue weighted by Gasteiger charge is 2.27. The fraction of sp³-hybridized carbons (Fsp3) is 0.429. The second-order valence-electron chi connectivity index (χ2n) is 6.66. The average Bonchev–Trinajstić information content (AvgIpc) is 2.60. The van der Waals surface area contributed by atoms with Crippen LogP contribution in [0.25, 0.3) is 0 Å². The fourth-order valence-corrected chi connectivity index (χ4v) is 3.55. The van der Waals surface area contributed by atoms with Crippen molar-refractivity contribution in [2.24, 2.45) is 11.8 Å². The summed E-state index contributed by atoms with van der Waals surface area (Å²) in [6, 6.07) is 11.0. The minimum Gasteiger partial charge on any atom is -0.504 e. The largest absolute Gasteiger partial charge is 0.504 e. The molecule has 25 heavy (non-hydrogen) atoms. The first-order chi connectivity index (χ1) is 11.9. The first kappa shape index (κ1) is 19.0. The number of methoxy groups -OCH3 is 2. The van der Waals surface area contributed by atoms with Crippen molar-refractivity contribution >= 4 is 0 Å². The molecule has 0 spiro atoms. The van der Waals surface area contributed by atoms with Crippen molar-refractivity contribution in [2.45, 2.75) is 33.1 Å². The van der Waals surface area contributed by atoms with Gasteiger partial charge in [0.25, 0.3) is 0 Å². The third-order valence-corrected chi connectivity index (χ3v) is 4.88. The van der Waals surface area contributed by atoms with Crippen molar-refractivity contribution in [3.63, 3.8) is 0 Å². The van der Waals surface area contributed by atoms with Crippen LogP contribution in [0.4, 0.5) is 0 Å². The van der Waals surface area contributed by atoms with E-state index < -0.39 is 0 Å². The summed E-state index contributed by atoms with van der Waals surface area (Å²) in [5, 5.41) is 19.9. The number of benzene rings is 2. The number of hydrogen-bond donors (Lipinski definition) is 2. The molecule has 0 unspecified atom stereocenters. The van der Waals surface area contributed by atoms with Gasteiger partial charge in [0.1, 0.15) is 0 Å². The zero-order valence-corrected chi connectivity index (χ0v) is 15.6. The first-order valence-electron chi connectivity index (χ1n) is 8.66. The Morgan fingerprint density at radius 1 is 0.840 bits per heavy atom. The van der Waals surface area contributed by atoms with Crippen LogP contribution in [-0.4, -0.2) is 24.4 Å². The van der Waals surface area contributed by atoms with Crippen molar-refractivity contribution in [1.29, 1.82) is 0 Å². The second kappa shape index (κ2) is 8.15. The van der Waals surface area contributed by atoms with Crippen LogP contribution in [0, 0.1) is 11.8 Å². The molecule has 0 saturated carbocycles. The summed E-state index contributed by atoms with van der Waals surface area (Å²) >= 11 is 0. The Kier molecular flexibility index (Phi) is 6.18. The van der Waals surface area contributed by atoms with Crippen LogP contribution in [0.2, 0.25) is 0 Å². The van der Waals surface area contributed by atoms with Crippen LogP contribution in [0.5, 0.6) is 23.0 Å². The Balaban J connectivity index is 2.61. The van der Waals surface area contributed by atoms with Crippen molar-refractivity contribution in [2.75, 3.05) is 14.2 Å². The highest BCUT2D eigenvalue weighted by Crippen LogP contribution is 2.42. The molecule has 0 aliphatic rings. The molecule has 1 atom stereocenters. The quantitative estimate of drug-likeness (QED) is 0.748. The molecular weight excluding hydrogens is 316 g/mol. The monoisotopic (exact) mass is 344 g/mol. The van der Waals surface area contributed by atoms with Crippen LogP contribution in [0.3, 0.4) is 0 Å². The number of phenols is 2. The van der Waals surface area contributed by atoms with Gasteiger partial charge in [0.2, 0.25) is 0 Å². The molecule has 0 radical (unpaired) electrons. The summed E-state index contributed by atoms with van der Waals surface area (Å²) in [6.45, 7) is 6.62. The molecule has 2 rings (SSSR count). The van der Waals surface area contributed by atoms with Gasteiger partial charge in [-0.05, 0) is 47.2 Å². The molecule has 2 N–H and O–H groups in total. The van der Waals surface area contributed by atoms with Gasteiger partial charge in [-0.2, -0.15) is 0 Å². The highest BCUT2D eigenvalue weighted by molar-refractivity contribution is 5.49. The standard InChI is InChI=1S/C21H28O4/c1-6-16(13(2)3)21(14-7-9-17(22)19(11-14)24-4)15-8-10-18(23)20(12-15)25-5/h7-13,16,21-23H,6H2,1-5H3/t16-/m1/s1. The first-order valence-corrected chi connectivity index (χ1v) is 8.66. The topological polar surface area (TPSA) is 58.9 Å². The molecule has 2 aromatic rings. The Labute approximate surface area is 150 Å². The third-order valence-electron chi connectivity index (χ3n) is 4.88. The molecule has 0 aliphatic carbocycles. The zero-order valence-electron chi connectivity index (χ0n) is 15.6. The van der Waals surface area contributed by atoms with Gasteiger partial charge in [0, 0.05) is 5.92 Å². The van der Waals surface area contributed by atoms with Gasteiger partial charge in [-0.1, -0.05) is 39.3 Å². The Morgan fingerprint density at radius 2 is 1.28 bits per heavy atom. The van der Waals surface area contributed by atoms with E-state index in [9.17, 15) is 10.2 Å². The van der Waals surface area contributed by atoms with Crippen molar-refractivity contribution in [1.82, 2.24) is 0 Å². The minimum atomic E-state index is 0.106. The summed E-state index contributed by atoms with van der Waals surface area (Å²) in [5.74, 6) is 2.16. The van der Waals surface area contributed by atoms with E-state index in [1.165, 1.54) is 0 Å². The van der Waals surface area contributed by atoms with E-state index in [1.807, 2.05) is 24.3 Å². The van der Waals surface area contributed by atoms with E-state index in [0.29, 0.717) is 23.3 Å². The van der Waals surface area contributed by atoms with Gasteiger partial charge < -0.3 is 19.7 Å². The van der Waals surface area contributed by atoms with Crippen LogP contribution in [-0.2, 0) is 0 Å². The van der Waals surface area contributed by atoms with Crippen LogP contribution < -0.4 is 9.47 Å². The molecular formula is C21H28O4. The molecule has 0 saturated heterocycles. The molecule has 0 aliphatic heterocycles. The van der Waals surface area contributed by atoms with E-state index in [0.717, 1.165) is 17.5 Å². The lowest BCUT2D eigenvalue weighted by molar-refractivity contribution is 0.330. The summed E-state index contributed by atoms with van der Waals surface area (Å²) in [6.07, 6.45) is 1.01. The second-order valence-corrected chi connectivity index (χ2v) is 6.66. The predicted molar refractivity (Wildman–Crippen MR) is 99.8 cm³/mol. The SMILES string of the molecule is CC[C@H](C(C)C)C(c1ccc(O)c(OC)c1)c1ccc(O)c(OC)c1. The van der Waals surface area contributed by atoms with Gasteiger partial charge in [-0.3, -0.25) is 0 Å². The Bertz CT molecular complexity index is 656. The lowest BCUT2D eigenvalue weighted by Crippen LogP contribution is -2.19. The zero-order chi connectivity index (χ0) is 18.6. The number of hydrogen-bond acceptors (Lipinski definition) is 4. The third kappa shape index (κ3) is 4.01. The van der Waals surface area contributed by atoms with Gasteiger partial charge in [0.05, 0.1) is 14.2 Å². The number of rotatable bonds is 7. The molecule has 0 heterocycles. The molecule has 4 nitrogen and oxygen atoms in total. The summed E-state index contributed by atoms with van der Waals surface area (Å²) in [5.41, 5.74) is 2.14. The summed E-state index contributed by atoms with van der Waals surface area (Å²) in [7, 11) is 3.11. The summed E-state index contributed by atoms with van der Waals surface area (Å²) in [4.78, 5) is 0. The fourth-order valence-electron chi connectivity index (χ4n) is 3.55. The molecule has 136 valence electrons. The highest BCUT2D eigenvalue weighted by atomic mass is 16.5. The molecule has 0 amide bonds. The minimum absolute atomic E-state index is 0.106. The molecule has 4 heteroatoms. The maximum Gasteiger partial charge on any atom is 0.160 e. The smallest absolute Gasteiger partial charge is 0.160 e. The van der Waals surface area contributed by atoms with Gasteiger partial charge in [-0.15, -0.1) is 0 Å². The van der Waals surface area contributed by atoms with Crippen LogP contribution >= 0.6 is 0 Å². The Hall–Kier alpha value is -2.36. The lowest BCUT2D eigenvalue weighted by atomic mass is 9.74. The molecule has 0 aromatic heterocycles. The van der Waals surface area contributed by atoms with Crippen LogP contribution in [0.15, 0.2) is 36.4 Å². The maximum atomic E-state index is 9.93. The van der Waals surface area contributed by atoms with Gasteiger partial charge in [-0.25, -0.2) is 0 Å². The van der Waals surface area contributed by atoms with Crippen molar-refractivity contribution < 1.29 is 19.7 Å². The van der Waals surface area contributed by atoms with E-state index in [4.69, 9.17) is 9.47 Å². The van der Waals surface area contributed by atoms with Crippen molar-refractivity contribution in [3.05, 3.63) is 47.5 Å². The Morgan fingerprint density at radius 3 is 1.60 bits per heavy atom. The average molecular weight is 344 g/mol. The number of ether oxygens (including phenoxy) is 2. The van der Waals surface area contributed by atoms with Crippen molar-refractivity contribution in [3.8, 4) is 23.0 Å². The van der Waals surface area contributed by atoms with E-state index in [-0.39, 0.29) is 17.4 Å². The predicted octanol–water partition coefficient (Wildman–Crippen LogP) is 4.93. The molecule has 0 fully saturated rings. The maximum absolute atomic E-state index is 9.93. The van der Waals surface area contributed by atoms with Crippen LogP contribution in [0.1, 0.15) is 44.2 Å². The lowest BCUT2D eigenvalue weighted by Gasteiger charge is -2.31. The molecule has 2 aromatic carbocycles.